The van der Waals surface area contributed by atoms with E-state index < -0.39 is 19.7 Å². The maximum atomic E-state index is 11.4. The number of nitrogen functional groups attached to an aromatic ring is 2. The summed E-state index contributed by atoms with van der Waals surface area (Å²) in [7, 11) is -7.22. The van der Waals surface area contributed by atoms with E-state index in [0.717, 1.165) is 24.6 Å². The van der Waals surface area contributed by atoms with Crippen molar-refractivity contribution >= 4 is 31.0 Å². The Labute approximate surface area is 94.1 Å². The Kier molecular flexibility index (Phi) is 2.90. The first kappa shape index (κ1) is 12.8. The van der Waals surface area contributed by atoms with Crippen LogP contribution in [-0.4, -0.2) is 29.3 Å². The molecule has 1 aromatic rings. The maximum absolute atomic E-state index is 11.4. The van der Waals surface area contributed by atoms with E-state index in [2.05, 4.69) is 0 Å². The summed E-state index contributed by atoms with van der Waals surface area (Å²) in [6.07, 6.45) is 1.87. The fourth-order valence-corrected chi connectivity index (χ4v) is 3.02. The van der Waals surface area contributed by atoms with E-state index in [4.69, 9.17) is 11.5 Å². The fourth-order valence-electron chi connectivity index (χ4n) is 1.23. The zero-order valence-electron chi connectivity index (χ0n) is 8.76. The van der Waals surface area contributed by atoms with E-state index in [1.165, 1.54) is 0 Å². The Morgan fingerprint density at radius 1 is 0.875 bits per heavy atom. The number of benzene rings is 1. The molecule has 1 rings (SSSR count). The minimum atomic E-state index is -3.61. The number of hydrogen-bond donors (Lipinski definition) is 2. The van der Waals surface area contributed by atoms with Gasteiger partial charge in [0.15, 0.2) is 19.7 Å². The molecule has 0 saturated heterocycles. The Morgan fingerprint density at radius 3 is 1.44 bits per heavy atom. The predicted molar refractivity (Wildman–Crippen MR) is 61.5 cm³/mol. The molecular weight excluding hydrogens is 252 g/mol. The molecule has 0 aliphatic heterocycles. The van der Waals surface area contributed by atoms with Crippen LogP contribution in [0.2, 0.25) is 0 Å². The Bertz CT molecular complexity index is 579. The summed E-state index contributed by atoms with van der Waals surface area (Å²) in [5, 5.41) is 0. The van der Waals surface area contributed by atoms with E-state index in [9.17, 15) is 16.8 Å². The molecule has 90 valence electrons. The van der Waals surface area contributed by atoms with Gasteiger partial charge in [0.2, 0.25) is 0 Å². The van der Waals surface area contributed by atoms with Crippen molar-refractivity contribution in [3.63, 3.8) is 0 Å². The Balaban J connectivity index is 3.78. The molecular formula is C8H12N2O4S2. The van der Waals surface area contributed by atoms with Crippen molar-refractivity contribution < 1.29 is 16.8 Å². The van der Waals surface area contributed by atoms with Gasteiger partial charge >= 0.3 is 0 Å². The van der Waals surface area contributed by atoms with Gasteiger partial charge in [-0.2, -0.15) is 0 Å². The highest BCUT2D eigenvalue weighted by Gasteiger charge is 2.20. The van der Waals surface area contributed by atoms with E-state index in [0.29, 0.717) is 0 Å². The van der Waals surface area contributed by atoms with Crippen molar-refractivity contribution in [3.05, 3.63) is 12.1 Å². The van der Waals surface area contributed by atoms with Crippen LogP contribution in [0.1, 0.15) is 0 Å². The number of sulfone groups is 2. The van der Waals surface area contributed by atoms with Crippen LogP contribution in [0.15, 0.2) is 21.9 Å². The molecule has 0 saturated carbocycles. The van der Waals surface area contributed by atoms with Gasteiger partial charge < -0.3 is 11.5 Å². The van der Waals surface area contributed by atoms with Crippen molar-refractivity contribution in [3.8, 4) is 0 Å². The van der Waals surface area contributed by atoms with Gasteiger partial charge in [-0.1, -0.05) is 0 Å². The van der Waals surface area contributed by atoms with Crippen LogP contribution >= 0.6 is 0 Å². The highest BCUT2D eigenvalue weighted by atomic mass is 32.2. The molecule has 0 spiro atoms. The monoisotopic (exact) mass is 264 g/mol. The minimum Gasteiger partial charge on any atom is -0.399 e. The van der Waals surface area contributed by atoms with Crippen LogP contribution in [0.25, 0.3) is 0 Å². The normalized spacial score (nSPS) is 12.6. The second kappa shape index (κ2) is 3.63. The Morgan fingerprint density at radius 2 is 1.19 bits per heavy atom. The molecule has 16 heavy (non-hydrogen) atoms. The smallest absolute Gasteiger partial charge is 0.177 e. The number of hydrogen-bond acceptors (Lipinski definition) is 6. The van der Waals surface area contributed by atoms with E-state index in [1.807, 2.05) is 0 Å². The van der Waals surface area contributed by atoms with Gasteiger partial charge in [-0.3, -0.25) is 0 Å². The van der Waals surface area contributed by atoms with Crippen molar-refractivity contribution in [1.82, 2.24) is 0 Å². The summed E-state index contributed by atoms with van der Waals surface area (Å²) in [5.74, 6) is 0. The van der Waals surface area contributed by atoms with Crippen LogP contribution in [0.5, 0.6) is 0 Å². The van der Waals surface area contributed by atoms with Gasteiger partial charge in [0, 0.05) is 18.2 Å². The molecule has 0 heterocycles. The van der Waals surface area contributed by atoms with Crippen molar-refractivity contribution in [2.75, 3.05) is 24.0 Å². The average Bonchev–Trinajstić information content (AvgIpc) is 2.04. The first-order valence-corrected chi connectivity index (χ1v) is 7.91. The summed E-state index contributed by atoms with van der Waals surface area (Å²) in [6.45, 7) is 0. The van der Waals surface area contributed by atoms with Crippen LogP contribution in [-0.2, 0) is 19.7 Å². The third kappa shape index (κ3) is 2.45. The van der Waals surface area contributed by atoms with Crippen LogP contribution in [0.3, 0.4) is 0 Å². The first-order valence-electron chi connectivity index (χ1n) is 4.12. The topological polar surface area (TPSA) is 120 Å². The first-order chi connectivity index (χ1) is 7.03. The average molecular weight is 264 g/mol. The zero-order chi connectivity index (χ0) is 12.7. The van der Waals surface area contributed by atoms with Crippen molar-refractivity contribution in [2.24, 2.45) is 0 Å². The van der Waals surface area contributed by atoms with Crippen LogP contribution in [0.4, 0.5) is 11.4 Å². The predicted octanol–water partition coefficient (Wildman–Crippen LogP) is -0.342. The van der Waals surface area contributed by atoms with Gasteiger partial charge in [0.05, 0.1) is 15.5 Å². The quantitative estimate of drug-likeness (QED) is 0.705. The lowest BCUT2D eigenvalue weighted by Crippen LogP contribution is -2.10. The Hall–Kier alpha value is -1.28. The molecule has 0 aromatic heterocycles. The number of nitrogens with two attached hydrogens (primary N) is 2. The molecule has 4 N–H and O–H groups in total. The molecule has 1 aromatic carbocycles. The highest BCUT2D eigenvalue weighted by molar-refractivity contribution is 7.91. The lowest BCUT2D eigenvalue weighted by molar-refractivity contribution is 0.601. The largest absolute Gasteiger partial charge is 0.399 e. The molecule has 0 aliphatic carbocycles. The minimum absolute atomic E-state index is 0.0371. The van der Waals surface area contributed by atoms with Crippen LogP contribution < -0.4 is 11.5 Å². The fraction of sp³-hybridized carbons (Fsp3) is 0.250. The molecule has 0 aliphatic rings. The third-order valence-electron chi connectivity index (χ3n) is 1.93. The van der Waals surface area contributed by atoms with Gasteiger partial charge in [-0.25, -0.2) is 16.8 Å². The summed E-state index contributed by atoms with van der Waals surface area (Å²) < 4.78 is 45.4. The second-order valence-corrected chi connectivity index (χ2v) is 7.44. The lowest BCUT2D eigenvalue weighted by Gasteiger charge is -2.09. The molecule has 0 fully saturated rings. The van der Waals surface area contributed by atoms with E-state index in [-0.39, 0.29) is 21.2 Å². The second-order valence-electron chi connectivity index (χ2n) is 3.48. The number of rotatable bonds is 2. The van der Waals surface area contributed by atoms with E-state index >= 15 is 0 Å². The SMILES string of the molecule is CS(=O)(=O)c1cc(N)cc(S(C)(=O)=O)c1N. The molecule has 0 amide bonds. The van der Waals surface area contributed by atoms with Gasteiger partial charge in [-0.05, 0) is 12.1 Å². The molecule has 6 nitrogen and oxygen atoms in total. The number of anilines is 2. The molecule has 8 heteroatoms. The van der Waals surface area contributed by atoms with Crippen LogP contribution in [0, 0.1) is 0 Å². The lowest BCUT2D eigenvalue weighted by atomic mass is 10.3. The standard InChI is InChI=1S/C8H12N2O4S2/c1-15(11,12)6-3-5(9)4-7(8(6)10)16(2,13)14/h3-4H,9-10H2,1-2H3. The summed E-state index contributed by atoms with van der Waals surface area (Å²) in [4.78, 5) is -0.541. The highest BCUT2D eigenvalue weighted by Crippen LogP contribution is 2.29. The summed E-state index contributed by atoms with van der Waals surface area (Å²) in [6, 6.07) is 2.28. The van der Waals surface area contributed by atoms with Gasteiger partial charge in [0.25, 0.3) is 0 Å². The molecule has 0 bridgehead atoms. The van der Waals surface area contributed by atoms with Crippen molar-refractivity contribution in [2.45, 2.75) is 9.79 Å². The van der Waals surface area contributed by atoms with E-state index in [1.54, 1.807) is 0 Å². The molecule has 0 radical (unpaired) electrons. The summed E-state index contributed by atoms with van der Waals surface area (Å²) >= 11 is 0. The van der Waals surface area contributed by atoms with Gasteiger partial charge in [0.1, 0.15) is 0 Å². The third-order valence-corrected chi connectivity index (χ3v) is 4.20. The summed E-state index contributed by atoms with van der Waals surface area (Å²) in [5.41, 5.74) is 10.7. The molecule has 0 atom stereocenters. The maximum Gasteiger partial charge on any atom is 0.177 e. The molecule has 0 unspecified atom stereocenters. The van der Waals surface area contributed by atoms with Crippen molar-refractivity contribution in [1.29, 1.82) is 0 Å². The zero-order valence-corrected chi connectivity index (χ0v) is 10.4. The van der Waals surface area contributed by atoms with Gasteiger partial charge in [-0.15, -0.1) is 0 Å².